The van der Waals surface area contributed by atoms with Gasteiger partial charge in [-0.05, 0) is 18.6 Å². The average Bonchev–Trinajstić information content (AvgIpc) is 2.86. The highest BCUT2D eigenvalue weighted by Gasteiger charge is 2.20. The largest absolute Gasteiger partial charge is 0.477 e. The van der Waals surface area contributed by atoms with Crippen LogP contribution in [0.4, 0.5) is 0 Å². The molecule has 1 aliphatic heterocycles. The molecule has 0 aliphatic carbocycles. The lowest BCUT2D eigenvalue weighted by Gasteiger charge is -2.08. The highest BCUT2D eigenvalue weighted by Crippen LogP contribution is 2.17. The summed E-state index contributed by atoms with van der Waals surface area (Å²) in [6.45, 7) is 1.19. The third kappa shape index (κ3) is 2.40. The molecule has 0 saturated carbocycles. The van der Waals surface area contributed by atoms with Crippen molar-refractivity contribution in [2.75, 3.05) is 13.2 Å². The lowest BCUT2D eigenvalue weighted by molar-refractivity contribution is 0.0702. The van der Waals surface area contributed by atoms with Gasteiger partial charge in [0.2, 0.25) is 0 Å². The molecule has 1 aromatic rings. The fourth-order valence-corrected chi connectivity index (χ4v) is 2.23. The Bertz CT molecular complexity index is 409. The van der Waals surface area contributed by atoms with Crippen molar-refractivity contribution in [1.29, 1.82) is 0 Å². The van der Waals surface area contributed by atoms with Crippen LogP contribution in [0.1, 0.15) is 25.8 Å². The minimum Gasteiger partial charge on any atom is -0.477 e. The van der Waals surface area contributed by atoms with E-state index in [-0.39, 0.29) is 16.8 Å². The van der Waals surface area contributed by atoms with Gasteiger partial charge in [0.05, 0.1) is 17.5 Å². The van der Waals surface area contributed by atoms with Crippen LogP contribution in [0, 0.1) is 0 Å². The van der Waals surface area contributed by atoms with Crippen molar-refractivity contribution in [3.8, 4) is 0 Å². The van der Waals surface area contributed by atoms with Gasteiger partial charge in [-0.3, -0.25) is 4.79 Å². The van der Waals surface area contributed by atoms with Crippen molar-refractivity contribution < 1.29 is 19.4 Å². The molecule has 0 spiro atoms. The maximum atomic E-state index is 11.7. The van der Waals surface area contributed by atoms with Gasteiger partial charge in [0.15, 0.2) is 0 Å². The highest BCUT2D eigenvalue weighted by molar-refractivity contribution is 7.15. The minimum atomic E-state index is -1.01. The Hall–Kier alpha value is -1.40. The molecular formula is C10H11NO4S. The van der Waals surface area contributed by atoms with E-state index in [0.29, 0.717) is 18.1 Å². The molecule has 5 nitrogen and oxygen atoms in total. The molecule has 0 radical (unpaired) electrons. The number of rotatable bonds is 3. The molecule has 1 aromatic heterocycles. The van der Waals surface area contributed by atoms with Gasteiger partial charge < -0.3 is 15.2 Å². The third-order valence-corrected chi connectivity index (χ3v) is 3.38. The van der Waals surface area contributed by atoms with E-state index in [2.05, 4.69) is 5.32 Å². The van der Waals surface area contributed by atoms with E-state index in [9.17, 15) is 9.59 Å². The number of amides is 1. The quantitative estimate of drug-likeness (QED) is 0.826. The number of hydrogen-bond donors (Lipinski definition) is 2. The van der Waals surface area contributed by atoms with E-state index < -0.39 is 5.97 Å². The van der Waals surface area contributed by atoms with E-state index in [1.54, 1.807) is 0 Å². The summed E-state index contributed by atoms with van der Waals surface area (Å²) in [4.78, 5) is 22.9. The van der Waals surface area contributed by atoms with Crippen LogP contribution in [0.25, 0.3) is 0 Å². The molecule has 1 fully saturated rings. The van der Waals surface area contributed by atoms with Crippen molar-refractivity contribution >= 4 is 23.2 Å². The van der Waals surface area contributed by atoms with Gasteiger partial charge in [-0.1, -0.05) is 0 Å². The average molecular weight is 241 g/mol. The predicted molar refractivity (Wildman–Crippen MR) is 58.0 cm³/mol. The van der Waals surface area contributed by atoms with Crippen molar-refractivity contribution in [1.82, 2.24) is 5.32 Å². The molecule has 1 saturated heterocycles. The van der Waals surface area contributed by atoms with Crippen LogP contribution in [-0.2, 0) is 4.74 Å². The summed E-state index contributed by atoms with van der Waals surface area (Å²) in [6.07, 6.45) is 0.808. The number of thiophene rings is 1. The molecule has 16 heavy (non-hydrogen) atoms. The number of carboxylic acids is 1. The highest BCUT2D eigenvalue weighted by atomic mass is 32.1. The number of hydrogen-bond acceptors (Lipinski definition) is 4. The van der Waals surface area contributed by atoms with Gasteiger partial charge >= 0.3 is 5.97 Å². The maximum absolute atomic E-state index is 11.7. The van der Waals surface area contributed by atoms with E-state index in [1.807, 2.05) is 0 Å². The zero-order valence-corrected chi connectivity index (χ0v) is 9.25. The van der Waals surface area contributed by atoms with Crippen LogP contribution in [0.3, 0.4) is 0 Å². The van der Waals surface area contributed by atoms with Crippen LogP contribution >= 0.6 is 11.3 Å². The Morgan fingerprint density at radius 3 is 2.75 bits per heavy atom. The summed E-state index contributed by atoms with van der Waals surface area (Å²) in [7, 11) is 0. The van der Waals surface area contributed by atoms with Gasteiger partial charge in [-0.15, -0.1) is 11.3 Å². The van der Waals surface area contributed by atoms with Crippen LogP contribution in [-0.4, -0.2) is 36.2 Å². The number of nitrogens with one attached hydrogen (secondary N) is 1. The first-order valence-electron chi connectivity index (χ1n) is 4.88. The number of ether oxygens (including phenoxy) is 1. The topological polar surface area (TPSA) is 75.6 Å². The van der Waals surface area contributed by atoms with Crippen LogP contribution < -0.4 is 5.32 Å². The fourth-order valence-electron chi connectivity index (χ4n) is 1.48. The molecule has 6 heteroatoms. The SMILES string of the molecule is O=C(O)c1ccc(C(=O)NC2CCOC2)s1. The monoisotopic (exact) mass is 241 g/mol. The lowest BCUT2D eigenvalue weighted by atomic mass is 10.2. The molecule has 2 rings (SSSR count). The first-order valence-corrected chi connectivity index (χ1v) is 5.70. The second-order valence-corrected chi connectivity index (χ2v) is 4.59. The zero-order valence-electron chi connectivity index (χ0n) is 8.43. The third-order valence-electron chi connectivity index (χ3n) is 2.31. The molecule has 1 atom stereocenters. The summed E-state index contributed by atoms with van der Waals surface area (Å²) in [5.74, 6) is -1.23. The smallest absolute Gasteiger partial charge is 0.345 e. The molecular weight excluding hydrogens is 230 g/mol. The summed E-state index contributed by atoms with van der Waals surface area (Å²) < 4.78 is 5.13. The molecule has 1 amide bonds. The number of aromatic carboxylic acids is 1. The summed E-state index contributed by atoms with van der Waals surface area (Å²) in [5.41, 5.74) is 0. The molecule has 2 N–H and O–H groups in total. The normalized spacial score (nSPS) is 19.6. The summed E-state index contributed by atoms with van der Waals surface area (Å²) in [5, 5.41) is 11.5. The zero-order chi connectivity index (χ0) is 11.5. The molecule has 1 aliphatic rings. The first kappa shape index (κ1) is 11.1. The maximum Gasteiger partial charge on any atom is 0.345 e. The molecule has 0 aromatic carbocycles. The van der Waals surface area contributed by atoms with E-state index in [4.69, 9.17) is 9.84 Å². The van der Waals surface area contributed by atoms with E-state index in [0.717, 1.165) is 17.8 Å². The molecule has 1 unspecified atom stereocenters. The second-order valence-electron chi connectivity index (χ2n) is 3.50. The van der Waals surface area contributed by atoms with Crippen molar-refractivity contribution in [3.05, 3.63) is 21.9 Å². The number of carboxylic acid groups (broad SMARTS) is 1. The van der Waals surface area contributed by atoms with Crippen molar-refractivity contribution in [2.45, 2.75) is 12.5 Å². The van der Waals surface area contributed by atoms with E-state index >= 15 is 0 Å². The second kappa shape index (κ2) is 4.63. The Balaban J connectivity index is 1.99. The van der Waals surface area contributed by atoms with Crippen molar-refractivity contribution in [3.63, 3.8) is 0 Å². The molecule has 86 valence electrons. The Morgan fingerprint density at radius 1 is 1.44 bits per heavy atom. The van der Waals surface area contributed by atoms with Crippen LogP contribution in [0.5, 0.6) is 0 Å². The number of carbonyl (C=O) groups is 2. The van der Waals surface area contributed by atoms with Gasteiger partial charge in [-0.2, -0.15) is 0 Å². The van der Waals surface area contributed by atoms with Gasteiger partial charge in [0.25, 0.3) is 5.91 Å². The lowest BCUT2D eigenvalue weighted by Crippen LogP contribution is -2.34. The van der Waals surface area contributed by atoms with Gasteiger partial charge in [0.1, 0.15) is 4.88 Å². The number of carbonyl (C=O) groups excluding carboxylic acids is 1. The fraction of sp³-hybridized carbons (Fsp3) is 0.400. The van der Waals surface area contributed by atoms with Gasteiger partial charge in [0, 0.05) is 6.61 Å². The Labute approximate surface area is 96.0 Å². The summed E-state index contributed by atoms with van der Waals surface area (Å²) in [6, 6.07) is 3.01. The summed E-state index contributed by atoms with van der Waals surface area (Å²) >= 11 is 0.980. The predicted octanol–water partition coefficient (Wildman–Crippen LogP) is 0.965. The first-order chi connectivity index (χ1) is 7.66. The van der Waals surface area contributed by atoms with Crippen LogP contribution in [0.2, 0.25) is 0 Å². The minimum absolute atomic E-state index is 0.0443. The standard InChI is InChI=1S/C10H11NO4S/c12-9(11-6-3-4-15-5-6)7-1-2-8(16-7)10(13)14/h1-2,6H,3-5H2,(H,11,12)(H,13,14). The molecule has 2 heterocycles. The molecule has 0 bridgehead atoms. The van der Waals surface area contributed by atoms with Gasteiger partial charge in [-0.25, -0.2) is 4.79 Å². The Morgan fingerprint density at radius 2 is 2.19 bits per heavy atom. The van der Waals surface area contributed by atoms with Crippen LogP contribution in [0.15, 0.2) is 12.1 Å². The van der Waals surface area contributed by atoms with Crippen molar-refractivity contribution in [2.24, 2.45) is 0 Å². The Kier molecular flexibility index (Phi) is 3.21. The van der Waals surface area contributed by atoms with E-state index in [1.165, 1.54) is 12.1 Å².